The summed E-state index contributed by atoms with van der Waals surface area (Å²) in [5.41, 5.74) is 0.209. The van der Waals surface area contributed by atoms with Crippen LogP contribution >= 0.6 is 0 Å². The minimum absolute atomic E-state index is 0.119. The van der Waals surface area contributed by atoms with Gasteiger partial charge in [0, 0.05) is 13.1 Å². The van der Waals surface area contributed by atoms with Crippen LogP contribution in [-0.4, -0.2) is 42.3 Å². The standard InChI is InChI=1S/C14H22F2N2O/c1-4-18(5-2)9-11(19)8-17-14-12(15)7-6-10(3)13(14)16/h6-7,11,17,19H,4-5,8-9H2,1-3H3. The molecule has 19 heavy (non-hydrogen) atoms. The topological polar surface area (TPSA) is 35.5 Å². The van der Waals surface area contributed by atoms with E-state index in [1.807, 2.05) is 13.8 Å². The Labute approximate surface area is 113 Å². The largest absolute Gasteiger partial charge is 0.390 e. The zero-order chi connectivity index (χ0) is 14.4. The van der Waals surface area contributed by atoms with Gasteiger partial charge in [-0.3, -0.25) is 0 Å². The summed E-state index contributed by atoms with van der Waals surface area (Å²) in [6.07, 6.45) is -0.667. The highest BCUT2D eigenvalue weighted by molar-refractivity contribution is 5.48. The molecule has 1 atom stereocenters. The van der Waals surface area contributed by atoms with Crippen molar-refractivity contribution in [3.8, 4) is 0 Å². The molecule has 1 aromatic rings. The Hall–Kier alpha value is -1.20. The second-order valence-corrected chi connectivity index (χ2v) is 4.57. The van der Waals surface area contributed by atoms with Crippen molar-refractivity contribution in [1.29, 1.82) is 0 Å². The molecule has 0 heterocycles. The lowest BCUT2D eigenvalue weighted by atomic mass is 10.2. The molecule has 108 valence electrons. The van der Waals surface area contributed by atoms with E-state index in [0.29, 0.717) is 12.1 Å². The Morgan fingerprint density at radius 2 is 1.89 bits per heavy atom. The van der Waals surface area contributed by atoms with Crippen LogP contribution in [0, 0.1) is 18.6 Å². The molecule has 0 aliphatic carbocycles. The van der Waals surface area contributed by atoms with Crippen LogP contribution in [-0.2, 0) is 0 Å². The van der Waals surface area contributed by atoms with E-state index in [-0.39, 0.29) is 12.2 Å². The zero-order valence-corrected chi connectivity index (χ0v) is 11.7. The van der Waals surface area contributed by atoms with Gasteiger partial charge < -0.3 is 15.3 Å². The van der Waals surface area contributed by atoms with Gasteiger partial charge in [0.15, 0.2) is 5.82 Å². The lowest BCUT2D eigenvalue weighted by Gasteiger charge is -2.22. The third-order valence-corrected chi connectivity index (χ3v) is 3.16. The van der Waals surface area contributed by atoms with Gasteiger partial charge in [-0.05, 0) is 31.6 Å². The van der Waals surface area contributed by atoms with Crippen LogP contribution in [0.2, 0.25) is 0 Å². The molecule has 0 bridgehead atoms. The number of rotatable bonds is 7. The highest BCUT2D eigenvalue weighted by atomic mass is 19.1. The summed E-state index contributed by atoms with van der Waals surface area (Å²) in [5, 5.41) is 12.5. The first-order valence-corrected chi connectivity index (χ1v) is 6.58. The average molecular weight is 272 g/mol. The molecule has 5 heteroatoms. The fourth-order valence-corrected chi connectivity index (χ4v) is 1.88. The van der Waals surface area contributed by atoms with Crippen molar-refractivity contribution in [2.45, 2.75) is 26.9 Å². The summed E-state index contributed by atoms with van der Waals surface area (Å²) in [7, 11) is 0. The van der Waals surface area contributed by atoms with E-state index in [0.717, 1.165) is 13.1 Å². The molecule has 0 radical (unpaired) electrons. The lowest BCUT2D eigenvalue weighted by Crippen LogP contribution is -2.36. The first-order chi connectivity index (χ1) is 8.99. The van der Waals surface area contributed by atoms with Crippen molar-refractivity contribution in [2.24, 2.45) is 0 Å². The molecule has 0 aliphatic rings. The van der Waals surface area contributed by atoms with Crippen LogP contribution in [0.25, 0.3) is 0 Å². The lowest BCUT2D eigenvalue weighted by molar-refractivity contribution is 0.128. The summed E-state index contributed by atoms with van der Waals surface area (Å²) in [6.45, 7) is 7.85. The Kier molecular flexibility index (Phi) is 6.18. The summed E-state index contributed by atoms with van der Waals surface area (Å²) < 4.78 is 27.2. The number of aryl methyl sites for hydroxylation is 1. The first-order valence-electron chi connectivity index (χ1n) is 6.58. The third-order valence-electron chi connectivity index (χ3n) is 3.16. The quantitative estimate of drug-likeness (QED) is 0.800. The van der Waals surface area contributed by atoms with Crippen molar-refractivity contribution in [3.05, 3.63) is 29.3 Å². The van der Waals surface area contributed by atoms with Gasteiger partial charge in [-0.15, -0.1) is 0 Å². The molecule has 0 aromatic heterocycles. The molecule has 0 amide bonds. The van der Waals surface area contributed by atoms with Gasteiger partial charge in [0.2, 0.25) is 0 Å². The third kappa shape index (κ3) is 4.44. The minimum Gasteiger partial charge on any atom is -0.390 e. The van der Waals surface area contributed by atoms with Gasteiger partial charge in [-0.25, -0.2) is 8.78 Å². The fraction of sp³-hybridized carbons (Fsp3) is 0.571. The highest BCUT2D eigenvalue weighted by Gasteiger charge is 2.14. The summed E-state index contributed by atoms with van der Waals surface area (Å²) in [6, 6.07) is 2.61. The minimum atomic E-state index is -0.667. The Morgan fingerprint density at radius 1 is 1.26 bits per heavy atom. The van der Waals surface area contributed by atoms with Gasteiger partial charge >= 0.3 is 0 Å². The number of nitrogens with zero attached hydrogens (tertiary/aromatic N) is 1. The van der Waals surface area contributed by atoms with E-state index >= 15 is 0 Å². The smallest absolute Gasteiger partial charge is 0.152 e. The predicted octanol–water partition coefficient (Wildman–Crippen LogP) is 2.39. The number of likely N-dealkylation sites (N-methyl/N-ethyl adjacent to an activating group) is 1. The SMILES string of the molecule is CCN(CC)CC(O)CNc1c(F)ccc(C)c1F. The second-order valence-electron chi connectivity index (χ2n) is 4.57. The van der Waals surface area contributed by atoms with Gasteiger partial charge in [-0.1, -0.05) is 19.9 Å². The van der Waals surface area contributed by atoms with E-state index < -0.39 is 17.7 Å². The number of nitrogens with one attached hydrogen (secondary N) is 1. The number of halogens is 2. The van der Waals surface area contributed by atoms with E-state index in [1.54, 1.807) is 6.92 Å². The van der Waals surface area contributed by atoms with E-state index in [4.69, 9.17) is 0 Å². The monoisotopic (exact) mass is 272 g/mol. The first kappa shape index (κ1) is 15.9. The molecule has 1 rings (SSSR count). The van der Waals surface area contributed by atoms with Crippen LogP contribution in [0.15, 0.2) is 12.1 Å². The van der Waals surface area contributed by atoms with Crippen molar-refractivity contribution in [2.75, 3.05) is 31.5 Å². The number of hydrogen-bond donors (Lipinski definition) is 2. The maximum atomic E-state index is 13.7. The van der Waals surface area contributed by atoms with Crippen LogP contribution in [0.4, 0.5) is 14.5 Å². The van der Waals surface area contributed by atoms with Crippen molar-refractivity contribution in [3.63, 3.8) is 0 Å². The maximum Gasteiger partial charge on any atom is 0.152 e. The Bertz CT molecular complexity index is 409. The van der Waals surface area contributed by atoms with E-state index in [2.05, 4.69) is 10.2 Å². The highest BCUT2D eigenvalue weighted by Crippen LogP contribution is 2.21. The Morgan fingerprint density at radius 3 is 2.47 bits per heavy atom. The maximum absolute atomic E-state index is 13.7. The molecule has 2 N–H and O–H groups in total. The van der Waals surface area contributed by atoms with E-state index in [9.17, 15) is 13.9 Å². The molecule has 1 unspecified atom stereocenters. The molecule has 0 saturated carbocycles. The average Bonchev–Trinajstić information content (AvgIpc) is 2.40. The number of benzene rings is 1. The van der Waals surface area contributed by atoms with Gasteiger partial charge in [0.05, 0.1) is 6.10 Å². The molecule has 0 spiro atoms. The molecule has 3 nitrogen and oxygen atoms in total. The van der Waals surface area contributed by atoms with Gasteiger partial charge in [0.1, 0.15) is 11.5 Å². The molecular formula is C14H22F2N2O. The number of hydrogen-bond acceptors (Lipinski definition) is 3. The van der Waals surface area contributed by atoms with Crippen LogP contribution in [0.5, 0.6) is 0 Å². The zero-order valence-electron chi connectivity index (χ0n) is 11.7. The predicted molar refractivity (Wildman–Crippen MR) is 73.4 cm³/mol. The molecule has 0 fully saturated rings. The molecular weight excluding hydrogens is 250 g/mol. The fourth-order valence-electron chi connectivity index (χ4n) is 1.88. The molecule has 0 aliphatic heterocycles. The second kappa shape index (κ2) is 7.40. The van der Waals surface area contributed by atoms with Gasteiger partial charge in [0.25, 0.3) is 0 Å². The normalized spacial score (nSPS) is 12.8. The van der Waals surface area contributed by atoms with Crippen molar-refractivity contribution >= 4 is 5.69 Å². The van der Waals surface area contributed by atoms with Gasteiger partial charge in [-0.2, -0.15) is 0 Å². The van der Waals surface area contributed by atoms with Crippen molar-refractivity contribution in [1.82, 2.24) is 4.90 Å². The van der Waals surface area contributed by atoms with Crippen LogP contribution < -0.4 is 5.32 Å². The number of aliphatic hydroxyl groups is 1. The molecule has 0 saturated heterocycles. The van der Waals surface area contributed by atoms with Crippen molar-refractivity contribution < 1.29 is 13.9 Å². The van der Waals surface area contributed by atoms with Crippen LogP contribution in [0.1, 0.15) is 19.4 Å². The van der Waals surface area contributed by atoms with Crippen LogP contribution in [0.3, 0.4) is 0 Å². The summed E-state index contributed by atoms with van der Waals surface area (Å²) in [5.74, 6) is -1.24. The number of aliphatic hydroxyl groups excluding tert-OH is 1. The van der Waals surface area contributed by atoms with E-state index in [1.165, 1.54) is 12.1 Å². The summed E-state index contributed by atoms with van der Waals surface area (Å²) in [4.78, 5) is 2.05. The summed E-state index contributed by atoms with van der Waals surface area (Å²) >= 11 is 0. The molecule has 1 aromatic carbocycles. The Balaban J connectivity index is 2.59. The number of anilines is 1.